The molecule has 0 fully saturated rings. The second-order valence-electron chi connectivity index (χ2n) is 3.91. The molecular weight excluding hydrogens is 232 g/mol. The third-order valence-electron chi connectivity index (χ3n) is 2.47. The SMILES string of the molecule is CN(CC/C(N)=N/O)C(=O)NCc1ccccc1. The molecule has 6 heteroatoms. The summed E-state index contributed by atoms with van der Waals surface area (Å²) < 4.78 is 0. The summed E-state index contributed by atoms with van der Waals surface area (Å²) in [5.41, 5.74) is 6.37. The number of benzene rings is 1. The number of carbonyl (C=O) groups excluding carboxylic acids is 1. The average molecular weight is 250 g/mol. The summed E-state index contributed by atoms with van der Waals surface area (Å²) in [5.74, 6) is 0.109. The molecule has 0 heterocycles. The van der Waals surface area contributed by atoms with Crippen LogP contribution in [0, 0.1) is 0 Å². The molecule has 0 saturated heterocycles. The summed E-state index contributed by atoms with van der Waals surface area (Å²) in [6.45, 7) is 0.879. The maximum absolute atomic E-state index is 11.7. The maximum Gasteiger partial charge on any atom is 0.317 e. The van der Waals surface area contributed by atoms with E-state index >= 15 is 0 Å². The number of urea groups is 1. The molecule has 0 aliphatic heterocycles. The van der Waals surface area contributed by atoms with Gasteiger partial charge in [0.2, 0.25) is 0 Å². The highest BCUT2D eigenvalue weighted by atomic mass is 16.4. The van der Waals surface area contributed by atoms with Gasteiger partial charge in [0, 0.05) is 26.6 Å². The Balaban J connectivity index is 2.32. The van der Waals surface area contributed by atoms with Crippen molar-refractivity contribution in [2.75, 3.05) is 13.6 Å². The van der Waals surface area contributed by atoms with Gasteiger partial charge in [0.1, 0.15) is 5.84 Å². The van der Waals surface area contributed by atoms with E-state index in [0.717, 1.165) is 5.56 Å². The predicted octanol–water partition coefficient (Wildman–Crippen LogP) is 0.964. The fourth-order valence-corrected chi connectivity index (χ4v) is 1.34. The highest BCUT2D eigenvalue weighted by Gasteiger charge is 2.08. The lowest BCUT2D eigenvalue weighted by molar-refractivity contribution is 0.209. The summed E-state index contributed by atoms with van der Waals surface area (Å²) >= 11 is 0. The van der Waals surface area contributed by atoms with Gasteiger partial charge in [-0.05, 0) is 5.56 Å². The quantitative estimate of drug-likeness (QED) is 0.315. The van der Waals surface area contributed by atoms with Crippen LogP contribution in [0.25, 0.3) is 0 Å². The third-order valence-corrected chi connectivity index (χ3v) is 2.47. The van der Waals surface area contributed by atoms with Gasteiger partial charge in [0.25, 0.3) is 0 Å². The number of nitrogens with zero attached hydrogens (tertiary/aromatic N) is 2. The van der Waals surface area contributed by atoms with Crippen LogP contribution < -0.4 is 11.1 Å². The fourth-order valence-electron chi connectivity index (χ4n) is 1.34. The van der Waals surface area contributed by atoms with E-state index in [0.29, 0.717) is 19.5 Å². The number of amidine groups is 1. The largest absolute Gasteiger partial charge is 0.409 e. The molecule has 0 aliphatic rings. The molecule has 0 radical (unpaired) electrons. The first kappa shape index (κ1) is 13.8. The number of rotatable bonds is 5. The van der Waals surface area contributed by atoms with Crippen molar-refractivity contribution < 1.29 is 10.0 Å². The van der Waals surface area contributed by atoms with Crippen LogP contribution in [0.1, 0.15) is 12.0 Å². The van der Waals surface area contributed by atoms with Crippen LogP contribution in [0.3, 0.4) is 0 Å². The molecule has 0 aliphatic carbocycles. The Morgan fingerprint density at radius 3 is 2.72 bits per heavy atom. The first-order valence-corrected chi connectivity index (χ1v) is 5.62. The van der Waals surface area contributed by atoms with Gasteiger partial charge in [-0.3, -0.25) is 0 Å². The van der Waals surface area contributed by atoms with Crippen LogP contribution >= 0.6 is 0 Å². The second-order valence-corrected chi connectivity index (χ2v) is 3.91. The van der Waals surface area contributed by atoms with E-state index in [1.54, 1.807) is 7.05 Å². The minimum Gasteiger partial charge on any atom is -0.409 e. The minimum atomic E-state index is -0.190. The molecule has 1 rings (SSSR count). The Hall–Kier alpha value is -2.24. The number of nitrogens with two attached hydrogens (primary N) is 1. The molecule has 0 atom stereocenters. The van der Waals surface area contributed by atoms with E-state index < -0.39 is 0 Å². The van der Waals surface area contributed by atoms with Crippen LogP contribution in [-0.2, 0) is 6.54 Å². The molecular formula is C12H18N4O2. The molecule has 1 aromatic rings. The van der Waals surface area contributed by atoms with Gasteiger partial charge in [0.15, 0.2) is 0 Å². The molecule has 0 unspecified atom stereocenters. The van der Waals surface area contributed by atoms with Crippen LogP contribution in [0.5, 0.6) is 0 Å². The van der Waals surface area contributed by atoms with Crippen molar-refractivity contribution in [2.24, 2.45) is 10.9 Å². The number of oxime groups is 1. The monoisotopic (exact) mass is 250 g/mol. The van der Waals surface area contributed by atoms with Crippen LogP contribution in [0.2, 0.25) is 0 Å². The molecule has 1 aromatic carbocycles. The van der Waals surface area contributed by atoms with Crippen LogP contribution in [0.15, 0.2) is 35.5 Å². The zero-order chi connectivity index (χ0) is 13.4. The maximum atomic E-state index is 11.7. The Morgan fingerprint density at radius 2 is 2.11 bits per heavy atom. The van der Waals surface area contributed by atoms with E-state index in [4.69, 9.17) is 10.9 Å². The van der Waals surface area contributed by atoms with Gasteiger partial charge in [0.05, 0.1) is 0 Å². The Bertz CT molecular complexity index is 406. The molecule has 98 valence electrons. The van der Waals surface area contributed by atoms with Gasteiger partial charge in [-0.25, -0.2) is 4.79 Å². The molecule has 2 amide bonds. The summed E-state index contributed by atoms with van der Waals surface area (Å²) in [5, 5.41) is 14.0. The number of hydrogen-bond acceptors (Lipinski definition) is 3. The van der Waals surface area contributed by atoms with Crippen molar-refractivity contribution in [3.8, 4) is 0 Å². The Morgan fingerprint density at radius 1 is 1.44 bits per heavy atom. The van der Waals surface area contributed by atoms with Gasteiger partial charge in [-0.1, -0.05) is 35.5 Å². The van der Waals surface area contributed by atoms with E-state index in [9.17, 15) is 4.79 Å². The number of nitrogens with one attached hydrogen (secondary N) is 1. The third kappa shape index (κ3) is 4.73. The van der Waals surface area contributed by atoms with Gasteiger partial charge in [-0.15, -0.1) is 0 Å². The Labute approximate surface area is 106 Å². The van der Waals surface area contributed by atoms with E-state index in [1.807, 2.05) is 30.3 Å². The van der Waals surface area contributed by atoms with Crippen molar-refractivity contribution in [1.82, 2.24) is 10.2 Å². The van der Waals surface area contributed by atoms with Gasteiger partial charge >= 0.3 is 6.03 Å². The van der Waals surface area contributed by atoms with Gasteiger partial charge < -0.3 is 21.2 Å². The minimum absolute atomic E-state index is 0.109. The van der Waals surface area contributed by atoms with E-state index in [2.05, 4.69) is 10.5 Å². The van der Waals surface area contributed by atoms with Crippen molar-refractivity contribution in [2.45, 2.75) is 13.0 Å². The standard InChI is InChI=1S/C12H18N4O2/c1-16(8-7-11(13)15-18)12(17)14-9-10-5-3-2-4-6-10/h2-6,18H,7-9H2,1H3,(H2,13,15)(H,14,17). The zero-order valence-electron chi connectivity index (χ0n) is 10.3. The van der Waals surface area contributed by atoms with E-state index in [1.165, 1.54) is 4.90 Å². The Kier molecular flexibility index (Phi) is 5.50. The summed E-state index contributed by atoms with van der Waals surface area (Å²) in [4.78, 5) is 13.2. The summed E-state index contributed by atoms with van der Waals surface area (Å²) in [6, 6.07) is 9.46. The van der Waals surface area contributed by atoms with Crippen molar-refractivity contribution in [1.29, 1.82) is 0 Å². The van der Waals surface area contributed by atoms with Crippen LogP contribution in [-0.4, -0.2) is 35.6 Å². The molecule has 0 spiro atoms. The fraction of sp³-hybridized carbons (Fsp3) is 0.333. The summed E-state index contributed by atoms with van der Waals surface area (Å²) in [6.07, 6.45) is 0.339. The second kappa shape index (κ2) is 7.16. The highest BCUT2D eigenvalue weighted by molar-refractivity contribution is 5.80. The first-order chi connectivity index (χ1) is 8.63. The first-order valence-electron chi connectivity index (χ1n) is 5.62. The van der Waals surface area contributed by atoms with E-state index in [-0.39, 0.29) is 11.9 Å². The van der Waals surface area contributed by atoms with Crippen molar-refractivity contribution in [3.63, 3.8) is 0 Å². The molecule has 18 heavy (non-hydrogen) atoms. The van der Waals surface area contributed by atoms with Crippen molar-refractivity contribution >= 4 is 11.9 Å². The normalized spacial score (nSPS) is 11.1. The predicted molar refractivity (Wildman–Crippen MR) is 69.3 cm³/mol. The lowest BCUT2D eigenvalue weighted by Gasteiger charge is -2.17. The number of carbonyl (C=O) groups is 1. The van der Waals surface area contributed by atoms with Crippen molar-refractivity contribution in [3.05, 3.63) is 35.9 Å². The molecule has 6 nitrogen and oxygen atoms in total. The summed E-state index contributed by atoms with van der Waals surface area (Å²) in [7, 11) is 1.66. The smallest absolute Gasteiger partial charge is 0.317 e. The number of hydrogen-bond donors (Lipinski definition) is 3. The lowest BCUT2D eigenvalue weighted by Crippen LogP contribution is -2.38. The zero-order valence-corrected chi connectivity index (χ0v) is 10.3. The molecule has 4 N–H and O–H groups in total. The van der Waals surface area contributed by atoms with Gasteiger partial charge in [-0.2, -0.15) is 0 Å². The molecule has 0 bridgehead atoms. The van der Waals surface area contributed by atoms with Crippen LogP contribution in [0.4, 0.5) is 4.79 Å². The molecule has 0 aromatic heterocycles. The number of amides is 2. The molecule has 0 saturated carbocycles. The average Bonchev–Trinajstić information content (AvgIpc) is 2.42. The topological polar surface area (TPSA) is 90.9 Å². The lowest BCUT2D eigenvalue weighted by atomic mass is 10.2. The highest BCUT2D eigenvalue weighted by Crippen LogP contribution is 1.98.